The lowest BCUT2D eigenvalue weighted by atomic mass is 10.0. The predicted molar refractivity (Wildman–Crippen MR) is 97.5 cm³/mol. The SMILES string of the molecule is CCCCCCCCCCCCCCc1ncccc1C(N)=O. The van der Waals surface area contributed by atoms with Crippen LogP contribution in [0.2, 0.25) is 0 Å². The van der Waals surface area contributed by atoms with Gasteiger partial charge in [-0.25, -0.2) is 0 Å². The lowest BCUT2D eigenvalue weighted by Crippen LogP contribution is -2.14. The van der Waals surface area contributed by atoms with E-state index in [4.69, 9.17) is 5.73 Å². The highest BCUT2D eigenvalue weighted by atomic mass is 16.1. The molecule has 1 rings (SSSR count). The molecule has 0 aliphatic heterocycles. The van der Waals surface area contributed by atoms with E-state index in [0.29, 0.717) is 5.56 Å². The summed E-state index contributed by atoms with van der Waals surface area (Å²) in [5.74, 6) is -0.368. The Morgan fingerprint density at radius 1 is 0.913 bits per heavy atom. The standard InChI is InChI=1S/C20H34N2O/c1-2-3-4-5-6-7-8-9-10-11-12-13-16-19-18(20(21)23)15-14-17-22-19/h14-15,17H,2-13,16H2,1H3,(H2,21,23). The van der Waals surface area contributed by atoms with E-state index in [1.807, 2.05) is 0 Å². The molecule has 0 aromatic carbocycles. The average Bonchev–Trinajstić information content (AvgIpc) is 2.56. The van der Waals surface area contributed by atoms with Crippen molar-refractivity contribution in [2.24, 2.45) is 5.73 Å². The van der Waals surface area contributed by atoms with Crippen molar-refractivity contribution in [2.75, 3.05) is 0 Å². The molecular formula is C20H34N2O. The number of rotatable bonds is 14. The summed E-state index contributed by atoms with van der Waals surface area (Å²) < 4.78 is 0. The van der Waals surface area contributed by atoms with Crippen LogP contribution in [0.25, 0.3) is 0 Å². The zero-order valence-electron chi connectivity index (χ0n) is 14.9. The van der Waals surface area contributed by atoms with Gasteiger partial charge in [0.25, 0.3) is 5.91 Å². The van der Waals surface area contributed by atoms with Gasteiger partial charge >= 0.3 is 0 Å². The number of primary amides is 1. The molecule has 0 aliphatic carbocycles. The van der Waals surface area contributed by atoms with Gasteiger partial charge in [-0.1, -0.05) is 77.6 Å². The molecule has 130 valence electrons. The first-order chi connectivity index (χ1) is 11.3. The number of aryl methyl sites for hydroxylation is 1. The van der Waals surface area contributed by atoms with Crippen molar-refractivity contribution in [1.29, 1.82) is 0 Å². The zero-order chi connectivity index (χ0) is 16.8. The van der Waals surface area contributed by atoms with Crippen molar-refractivity contribution in [3.8, 4) is 0 Å². The zero-order valence-corrected chi connectivity index (χ0v) is 14.9. The van der Waals surface area contributed by atoms with Gasteiger partial charge in [0.05, 0.1) is 11.3 Å². The van der Waals surface area contributed by atoms with Gasteiger partial charge < -0.3 is 5.73 Å². The second kappa shape index (κ2) is 13.1. The first-order valence-corrected chi connectivity index (χ1v) is 9.49. The van der Waals surface area contributed by atoms with Crippen molar-refractivity contribution in [1.82, 2.24) is 4.98 Å². The van der Waals surface area contributed by atoms with Gasteiger partial charge in [0.2, 0.25) is 0 Å². The summed E-state index contributed by atoms with van der Waals surface area (Å²) in [6.45, 7) is 2.27. The van der Waals surface area contributed by atoms with E-state index < -0.39 is 0 Å². The normalized spacial score (nSPS) is 10.8. The molecule has 0 radical (unpaired) electrons. The smallest absolute Gasteiger partial charge is 0.250 e. The van der Waals surface area contributed by atoms with Crippen LogP contribution >= 0.6 is 0 Å². The molecule has 3 heteroatoms. The highest BCUT2D eigenvalue weighted by Gasteiger charge is 2.07. The molecule has 0 unspecified atom stereocenters. The number of pyridine rings is 1. The molecule has 2 N–H and O–H groups in total. The number of amides is 1. The van der Waals surface area contributed by atoms with Crippen LogP contribution in [-0.2, 0) is 6.42 Å². The first kappa shape index (κ1) is 19.7. The summed E-state index contributed by atoms with van der Waals surface area (Å²) in [6.07, 6.45) is 18.6. The molecule has 0 saturated heterocycles. The molecule has 0 fully saturated rings. The number of hydrogen-bond donors (Lipinski definition) is 1. The maximum atomic E-state index is 11.3. The topological polar surface area (TPSA) is 56.0 Å². The van der Waals surface area contributed by atoms with E-state index in [9.17, 15) is 4.79 Å². The summed E-state index contributed by atoms with van der Waals surface area (Å²) in [5.41, 5.74) is 6.81. The van der Waals surface area contributed by atoms with Crippen LogP contribution in [0.5, 0.6) is 0 Å². The minimum atomic E-state index is -0.368. The Bertz CT molecular complexity index is 431. The number of nitrogens with two attached hydrogens (primary N) is 1. The molecule has 1 aromatic rings. The molecule has 0 spiro atoms. The molecule has 3 nitrogen and oxygen atoms in total. The third-order valence-corrected chi connectivity index (χ3v) is 4.42. The second-order valence-corrected chi connectivity index (χ2v) is 6.50. The van der Waals surface area contributed by atoms with Crippen molar-refractivity contribution in [3.63, 3.8) is 0 Å². The van der Waals surface area contributed by atoms with Crippen LogP contribution in [0.3, 0.4) is 0 Å². The third-order valence-electron chi connectivity index (χ3n) is 4.42. The lowest BCUT2D eigenvalue weighted by molar-refractivity contribution is 0.0999. The quantitative estimate of drug-likeness (QED) is 0.465. The maximum Gasteiger partial charge on any atom is 0.250 e. The summed E-state index contributed by atoms with van der Waals surface area (Å²) in [5, 5.41) is 0. The van der Waals surface area contributed by atoms with Crippen molar-refractivity contribution in [3.05, 3.63) is 29.6 Å². The Balaban J connectivity index is 1.97. The van der Waals surface area contributed by atoms with Gasteiger partial charge in [-0.2, -0.15) is 0 Å². The highest BCUT2D eigenvalue weighted by molar-refractivity contribution is 5.93. The third kappa shape index (κ3) is 9.37. The molecule has 0 atom stereocenters. The summed E-state index contributed by atoms with van der Waals surface area (Å²) >= 11 is 0. The summed E-state index contributed by atoms with van der Waals surface area (Å²) in [7, 11) is 0. The van der Waals surface area contributed by atoms with E-state index in [-0.39, 0.29) is 5.91 Å². The van der Waals surface area contributed by atoms with Crippen molar-refractivity contribution in [2.45, 2.75) is 90.4 Å². The van der Waals surface area contributed by atoms with Crippen molar-refractivity contribution >= 4 is 5.91 Å². The number of carbonyl (C=O) groups is 1. The first-order valence-electron chi connectivity index (χ1n) is 9.49. The maximum absolute atomic E-state index is 11.3. The van der Waals surface area contributed by atoms with Crippen LogP contribution < -0.4 is 5.73 Å². The van der Waals surface area contributed by atoms with Gasteiger partial charge in [0.15, 0.2) is 0 Å². The lowest BCUT2D eigenvalue weighted by Gasteiger charge is -2.05. The largest absolute Gasteiger partial charge is 0.366 e. The van der Waals surface area contributed by atoms with Gasteiger partial charge in [-0.15, -0.1) is 0 Å². The fraction of sp³-hybridized carbons (Fsp3) is 0.700. The van der Waals surface area contributed by atoms with Crippen LogP contribution in [-0.4, -0.2) is 10.9 Å². The van der Waals surface area contributed by atoms with Crippen LogP contribution in [0, 0.1) is 0 Å². The van der Waals surface area contributed by atoms with Crippen molar-refractivity contribution < 1.29 is 4.79 Å². The van der Waals surface area contributed by atoms with E-state index >= 15 is 0 Å². The molecule has 23 heavy (non-hydrogen) atoms. The van der Waals surface area contributed by atoms with Gasteiger partial charge in [-0.05, 0) is 25.0 Å². The summed E-state index contributed by atoms with van der Waals surface area (Å²) in [6, 6.07) is 3.54. The van der Waals surface area contributed by atoms with E-state index in [0.717, 1.165) is 18.5 Å². The molecule has 1 amide bonds. The summed E-state index contributed by atoms with van der Waals surface area (Å²) in [4.78, 5) is 15.6. The van der Waals surface area contributed by atoms with Crippen LogP contribution in [0.1, 0.15) is 100 Å². The fourth-order valence-corrected chi connectivity index (χ4v) is 2.99. The monoisotopic (exact) mass is 318 g/mol. The number of hydrogen-bond acceptors (Lipinski definition) is 2. The minimum absolute atomic E-state index is 0.368. The number of unbranched alkanes of at least 4 members (excludes halogenated alkanes) is 11. The molecule has 0 saturated carbocycles. The predicted octanol–water partition coefficient (Wildman–Crippen LogP) is 5.42. The Kier molecular flexibility index (Phi) is 11.2. The Hall–Kier alpha value is -1.38. The fourth-order valence-electron chi connectivity index (χ4n) is 2.99. The Labute approximate surface area is 142 Å². The van der Waals surface area contributed by atoms with Crippen LogP contribution in [0.15, 0.2) is 18.3 Å². The van der Waals surface area contributed by atoms with Gasteiger partial charge in [0.1, 0.15) is 0 Å². The second-order valence-electron chi connectivity index (χ2n) is 6.50. The number of carbonyl (C=O) groups excluding carboxylic acids is 1. The minimum Gasteiger partial charge on any atom is -0.366 e. The Morgan fingerprint density at radius 2 is 1.43 bits per heavy atom. The molecular weight excluding hydrogens is 284 g/mol. The molecule has 1 aromatic heterocycles. The van der Waals surface area contributed by atoms with E-state index in [1.165, 1.54) is 70.6 Å². The van der Waals surface area contributed by atoms with Gasteiger partial charge in [-0.3, -0.25) is 9.78 Å². The number of nitrogens with zero attached hydrogens (tertiary/aromatic N) is 1. The van der Waals surface area contributed by atoms with E-state index in [2.05, 4.69) is 11.9 Å². The van der Waals surface area contributed by atoms with Gasteiger partial charge in [0, 0.05) is 6.20 Å². The molecule has 0 bridgehead atoms. The van der Waals surface area contributed by atoms with Crippen LogP contribution in [0.4, 0.5) is 0 Å². The highest BCUT2D eigenvalue weighted by Crippen LogP contribution is 2.14. The molecule has 1 heterocycles. The molecule has 0 aliphatic rings. The Morgan fingerprint density at radius 3 is 1.96 bits per heavy atom. The van der Waals surface area contributed by atoms with E-state index in [1.54, 1.807) is 18.3 Å². The average molecular weight is 319 g/mol. The number of aromatic nitrogens is 1.